The maximum absolute atomic E-state index is 11.8. The highest BCUT2D eigenvalue weighted by Gasteiger charge is 2.35. The number of carbonyl (C=O) groups excluding carboxylic acids is 2. The molecule has 1 fully saturated rings. The van der Waals surface area contributed by atoms with Gasteiger partial charge in [-0.15, -0.1) is 0 Å². The first-order valence-corrected chi connectivity index (χ1v) is 6.70. The lowest BCUT2D eigenvalue weighted by molar-refractivity contribution is -0.145. The second-order valence-electron chi connectivity index (χ2n) is 4.96. The van der Waals surface area contributed by atoms with Crippen LogP contribution in [0.4, 0.5) is 0 Å². The molecule has 1 aliphatic rings. The van der Waals surface area contributed by atoms with Gasteiger partial charge < -0.3 is 14.8 Å². The molecule has 1 aliphatic heterocycles. The van der Waals surface area contributed by atoms with E-state index in [4.69, 9.17) is 9.47 Å². The van der Waals surface area contributed by atoms with Crippen molar-refractivity contribution in [2.24, 2.45) is 0 Å². The SMILES string of the molecule is COC(=O)[C@@H]1C[C@@H](NC(=O)COc2cccnc2)CN1C. The Hall–Kier alpha value is -2.15. The van der Waals surface area contributed by atoms with Gasteiger partial charge >= 0.3 is 5.97 Å². The van der Waals surface area contributed by atoms with Crippen LogP contribution in [-0.4, -0.2) is 61.2 Å². The fourth-order valence-electron chi connectivity index (χ4n) is 2.37. The molecule has 0 aromatic carbocycles. The number of carbonyl (C=O) groups is 2. The number of ether oxygens (including phenoxy) is 2. The first kappa shape index (κ1) is 15.2. The van der Waals surface area contributed by atoms with Gasteiger partial charge in [-0.05, 0) is 25.6 Å². The van der Waals surface area contributed by atoms with Gasteiger partial charge in [-0.2, -0.15) is 0 Å². The molecule has 1 N–H and O–H groups in total. The molecular weight excluding hydrogens is 274 g/mol. The second kappa shape index (κ2) is 7.03. The number of esters is 1. The second-order valence-corrected chi connectivity index (χ2v) is 4.96. The predicted molar refractivity (Wildman–Crippen MR) is 74.7 cm³/mol. The van der Waals surface area contributed by atoms with Crippen LogP contribution < -0.4 is 10.1 Å². The number of pyridine rings is 1. The number of hydrogen-bond donors (Lipinski definition) is 1. The van der Waals surface area contributed by atoms with Gasteiger partial charge in [0.05, 0.1) is 13.3 Å². The number of methoxy groups -OCH3 is 1. The lowest BCUT2D eigenvalue weighted by Crippen LogP contribution is -2.39. The standard InChI is InChI=1S/C14H19N3O4/c1-17-8-10(6-12(17)14(19)20-2)16-13(18)9-21-11-4-3-5-15-7-11/h3-5,7,10,12H,6,8-9H2,1-2H3,(H,16,18)/t10-,12+/m1/s1. The van der Waals surface area contributed by atoms with Gasteiger partial charge in [-0.1, -0.05) is 0 Å². The maximum atomic E-state index is 11.8. The molecule has 0 radical (unpaired) electrons. The average Bonchev–Trinajstić information content (AvgIpc) is 2.86. The van der Waals surface area contributed by atoms with E-state index in [1.807, 2.05) is 11.9 Å². The average molecular weight is 293 g/mol. The van der Waals surface area contributed by atoms with Crippen LogP contribution in [0, 0.1) is 0 Å². The molecule has 1 amide bonds. The molecule has 0 unspecified atom stereocenters. The number of likely N-dealkylation sites (tertiary alicyclic amines) is 1. The summed E-state index contributed by atoms with van der Waals surface area (Å²) in [6.45, 7) is 0.535. The normalized spacial score (nSPS) is 21.8. The Labute approximate surface area is 123 Å². The van der Waals surface area contributed by atoms with Crippen molar-refractivity contribution in [1.29, 1.82) is 0 Å². The first-order valence-electron chi connectivity index (χ1n) is 6.70. The number of aromatic nitrogens is 1. The Bertz CT molecular complexity index is 494. The molecule has 0 saturated carbocycles. The lowest BCUT2D eigenvalue weighted by Gasteiger charge is -2.15. The van der Waals surface area contributed by atoms with Gasteiger partial charge in [0.1, 0.15) is 11.8 Å². The van der Waals surface area contributed by atoms with Crippen molar-refractivity contribution in [2.75, 3.05) is 27.3 Å². The van der Waals surface area contributed by atoms with E-state index in [2.05, 4.69) is 10.3 Å². The van der Waals surface area contributed by atoms with Crippen LogP contribution >= 0.6 is 0 Å². The van der Waals surface area contributed by atoms with Crippen molar-refractivity contribution >= 4 is 11.9 Å². The van der Waals surface area contributed by atoms with Gasteiger partial charge in [0.25, 0.3) is 5.91 Å². The fraction of sp³-hybridized carbons (Fsp3) is 0.500. The van der Waals surface area contributed by atoms with Crippen LogP contribution in [0.5, 0.6) is 5.75 Å². The molecule has 114 valence electrons. The molecule has 7 heteroatoms. The minimum Gasteiger partial charge on any atom is -0.482 e. The van der Waals surface area contributed by atoms with Crippen molar-refractivity contribution in [3.8, 4) is 5.75 Å². The monoisotopic (exact) mass is 293 g/mol. The highest BCUT2D eigenvalue weighted by Crippen LogP contribution is 2.17. The zero-order valence-corrected chi connectivity index (χ0v) is 12.1. The smallest absolute Gasteiger partial charge is 0.323 e. The van der Waals surface area contributed by atoms with E-state index in [9.17, 15) is 9.59 Å². The summed E-state index contributed by atoms with van der Waals surface area (Å²) in [4.78, 5) is 29.2. The van der Waals surface area contributed by atoms with Crippen LogP contribution in [-0.2, 0) is 14.3 Å². The lowest BCUT2D eigenvalue weighted by atomic mass is 10.1. The molecule has 0 aliphatic carbocycles. The van der Waals surface area contributed by atoms with Gasteiger partial charge in [-0.25, -0.2) is 0 Å². The molecule has 2 heterocycles. The van der Waals surface area contributed by atoms with E-state index in [-0.39, 0.29) is 30.6 Å². The largest absolute Gasteiger partial charge is 0.482 e. The van der Waals surface area contributed by atoms with Crippen molar-refractivity contribution < 1.29 is 19.1 Å². The van der Waals surface area contributed by atoms with E-state index in [1.54, 1.807) is 24.5 Å². The van der Waals surface area contributed by atoms with Crippen molar-refractivity contribution in [2.45, 2.75) is 18.5 Å². The summed E-state index contributed by atoms with van der Waals surface area (Å²) in [7, 11) is 3.20. The Kier molecular flexibility index (Phi) is 5.10. The molecule has 7 nitrogen and oxygen atoms in total. The molecular formula is C14H19N3O4. The summed E-state index contributed by atoms with van der Waals surface area (Å²) in [5.41, 5.74) is 0. The van der Waals surface area contributed by atoms with E-state index in [0.29, 0.717) is 18.7 Å². The summed E-state index contributed by atoms with van der Waals surface area (Å²) in [5.74, 6) is 0.0484. The zero-order chi connectivity index (χ0) is 15.2. The van der Waals surface area contributed by atoms with Crippen molar-refractivity contribution in [1.82, 2.24) is 15.2 Å². The zero-order valence-electron chi connectivity index (χ0n) is 12.1. The Morgan fingerprint density at radius 3 is 3.00 bits per heavy atom. The summed E-state index contributed by atoms with van der Waals surface area (Å²) >= 11 is 0. The van der Waals surface area contributed by atoms with Gasteiger partial charge in [0, 0.05) is 18.8 Å². The van der Waals surface area contributed by atoms with Crippen LogP contribution in [0.3, 0.4) is 0 Å². The Morgan fingerprint density at radius 1 is 1.52 bits per heavy atom. The predicted octanol–water partition coefficient (Wildman–Crippen LogP) is -0.178. The Balaban J connectivity index is 1.77. The third-order valence-electron chi connectivity index (χ3n) is 3.39. The van der Waals surface area contributed by atoms with E-state index >= 15 is 0 Å². The quantitative estimate of drug-likeness (QED) is 0.759. The molecule has 0 bridgehead atoms. The molecule has 2 atom stereocenters. The molecule has 0 spiro atoms. The summed E-state index contributed by atoms with van der Waals surface area (Å²) in [6.07, 6.45) is 3.72. The highest BCUT2D eigenvalue weighted by atomic mass is 16.5. The summed E-state index contributed by atoms with van der Waals surface area (Å²) < 4.78 is 10.1. The van der Waals surface area contributed by atoms with E-state index in [0.717, 1.165) is 0 Å². The number of amides is 1. The van der Waals surface area contributed by atoms with Crippen molar-refractivity contribution in [3.63, 3.8) is 0 Å². The maximum Gasteiger partial charge on any atom is 0.323 e. The number of rotatable bonds is 5. The molecule has 1 saturated heterocycles. The Morgan fingerprint density at radius 2 is 2.33 bits per heavy atom. The van der Waals surface area contributed by atoms with Gasteiger partial charge in [0.15, 0.2) is 6.61 Å². The topological polar surface area (TPSA) is 80.8 Å². The van der Waals surface area contributed by atoms with Gasteiger partial charge in [-0.3, -0.25) is 19.5 Å². The number of nitrogens with one attached hydrogen (secondary N) is 1. The minimum atomic E-state index is -0.306. The first-order chi connectivity index (χ1) is 10.1. The highest BCUT2D eigenvalue weighted by molar-refractivity contribution is 5.79. The third-order valence-corrected chi connectivity index (χ3v) is 3.39. The third kappa shape index (κ3) is 4.16. The van der Waals surface area contributed by atoms with Crippen LogP contribution in [0.2, 0.25) is 0 Å². The molecule has 21 heavy (non-hydrogen) atoms. The van der Waals surface area contributed by atoms with E-state index < -0.39 is 0 Å². The number of hydrogen-bond acceptors (Lipinski definition) is 6. The molecule has 1 aromatic rings. The number of nitrogens with zero attached hydrogens (tertiary/aromatic N) is 2. The molecule has 2 rings (SSSR count). The summed E-state index contributed by atoms with van der Waals surface area (Å²) in [5, 5.41) is 2.85. The van der Waals surface area contributed by atoms with Gasteiger partial charge in [0.2, 0.25) is 0 Å². The van der Waals surface area contributed by atoms with Crippen LogP contribution in [0.25, 0.3) is 0 Å². The van der Waals surface area contributed by atoms with E-state index in [1.165, 1.54) is 7.11 Å². The summed E-state index contributed by atoms with van der Waals surface area (Å²) in [6, 6.07) is 3.08. The number of likely N-dealkylation sites (N-methyl/N-ethyl adjacent to an activating group) is 1. The van der Waals surface area contributed by atoms with Crippen molar-refractivity contribution in [3.05, 3.63) is 24.5 Å². The van der Waals surface area contributed by atoms with Crippen LogP contribution in [0.1, 0.15) is 6.42 Å². The fourth-order valence-corrected chi connectivity index (χ4v) is 2.37. The molecule has 1 aromatic heterocycles. The van der Waals surface area contributed by atoms with Crippen LogP contribution in [0.15, 0.2) is 24.5 Å². The minimum absolute atomic E-state index is 0.0746.